The number of nitrogens with zero attached hydrogens (tertiary/aromatic N) is 1. The number of nitrogens with one attached hydrogen (secondary N) is 1. The van der Waals surface area contributed by atoms with E-state index in [4.69, 9.17) is 0 Å². The maximum Gasteiger partial charge on any atom is 0.237 e. The predicted octanol–water partition coefficient (Wildman–Crippen LogP) is 1.92. The van der Waals surface area contributed by atoms with Crippen LogP contribution in [0.25, 0.3) is 0 Å². The summed E-state index contributed by atoms with van der Waals surface area (Å²) >= 11 is 0. The SMILES string of the molecule is CCCNC(=O)C(C)N1CCCCCC1CC(C)O. The van der Waals surface area contributed by atoms with Crippen LogP contribution in [0.1, 0.15) is 59.3 Å². The van der Waals surface area contributed by atoms with Gasteiger partial charge in [-0.1, -0.05) is 19.8 Å². The second kappa shape index (κ2) is 8.54. The van der Waals surface area contributed by atoms with Gasteiger partial charge in [-0.15, -0.1) is 0 Å². The van der Waals surface area contributed by atoms with E-state index in [-0.39, 0.29) is 18.1 Å². The lowest BCUT2D eigenvalue weighted by atomic mass is 10.0. The topological polar surface area (TPSA) is 52.6 Å². The van der Waals surface area contributed by atoms with Crippen LogP contribution < -0.4 is 5.32 Å². The molecular formula is C15H30N2O2. The van der Waals surface area contributed by atoms with Crippen LogP contribution in [-0.2, 0) is 4.79 Å². The van der Waals surface area contributed by atoms with Crippen molar-refractivity contribution < 1.29 is 9.90 Å². The quantitative estimate of drug-likeness (QED) is 0.775. The van der Waals surface area contributed by atoms with Gasteiger partial charge in [0.2, 0.25) is 5.91 Å². The van der Waals surface area contributed by atoms with Gasteiger partial charge in [-0.25, -0.2) is 0 Å². The lowest BCUT2D eigenvalue weighted by Crippen LogP contribution is -2.50. The highest BCUT2D eigenvalue weighted by Crippen LogP contribution is 2.22. The summed E-state index contributed by atoms with van der Waals surface area (Å²) in [7, 11) is 0. The number of carbonyl (C=O) groups excluding carboxylic acids is 1. The maximum absolute atomic E-state index is 12.1. The molecule has 4 nitrogen and oxygen atoms in total. The average Bonchev–Trinajstić information content (AvgIpc) is 2.59. The molecule has 0 spiro atoms. The molecule has 1 aliphatic heterocycles. The summed E-state index contributed by atoms with van der Waals surface area (Å²) in [5.74, 6) is 0.124. The first-order chi connectivity index (χ1) is 9.06. The molecule has 19 heavy (non-hydrogen) atoms. The largest absolute Gasteiger partial charge is 0.393 e. The van der Waals surface area contributed by atoms with Crippen molar-refractivity contribution in [2.75, 3.05) is 13.1 Å². The predicted molar refractivity (Wildman–Crippen MR) is 78.0 cm³/mol. The Kier molecular flexibility index (Phi) is 7.39. The molecule has 1 saturated heterocycles. The highest BCUT2D eigenvalue weighted by Gasteiger charge is 2.29. The molecule has 1 amide bonds. The summed E-state index contributed by atoms with van der Waals surface area (Å²) < 4.78 is 0. The van der Waals surface area contributed by atoms with Gasteiger partial charge in [0.1, 0.15) is 0 Å². The van der Waals surface area contributed by atoms with E-state index in [9.17, 15) is 9.90 Å². The van der Waals surface area contributed by atoms with Crippen molar-refractivity contribution in [3.05, 3.63) is 0 Å². The number of likely N-dealkylation sites (tertiary alicyclic amines) is 1. The number of aliphatic hydroxyl groups is 1. The first kappa shape index (κ1) is 16.4. The molecule has 1 heterocycles. The number of aliphatic hydroxyl groups excluding tert-OH is 1. The molecule has 2 N–H and O–H groups in total. The molecule has 4 heteroatoms. The summed E-state index contributed by atoms with van der Waals surface area (Å²) in [6.45, 7) is 7.61. The number of amides is 1. The summed E-state index contributed by atoms with van der Waals surface area (Å²) in [5, 5.41) is 12.6. The molecule has 112 valence electrons. The van der Waals surface area contributed by atoms with Crippen LogP contribution >= 0.6 is 0 Å². The van der Waals surface area contributed by atoms with Crippen molar-refractivity contribution in [1.82, 2.24) is 10.2 Å². The van der Waals surface area contributed by atoms with Crippen LogP contribution in [0.3, 0.4) is 0 Å². The molecule has 0 aromatic carbocycles. The Morgan fingerprint density at radius 2 is 2.11 bits per heavy atom. The molecule has 0 aromatic rings. The summed E-state index contributed by atoms with van der Waals surface area (Å²) in [5.41, 5.74) is 0. The Labute approximate surface area is 117 Å². The standard InChI is InChI=1S/C15H30N2O2/c1-4-9-16-15(19)13(3)17-10-7-5-6-8-14(17)11-12(2)18/h12-14,18H,4-11H2,1-3H3,(H,16,19). The van der Waals surface area contributed by atoms with Crippen LogP contribution in [-0.4, -0.2) is 47.2 Å². The van der Waals surface area contributed by atoms with Crippen LogP contribution in [0.15, 0.2) is 0 Å². The van der Waals surface area contributed by atoms with E-state index in [0.29, 0.717) is 6.04 Å². The second-order valence-corrected chi connectivity index (χ2v) is 5.79. The van der Waals surface area contributed by atoms with Gasteiger partial charge in [0, 0.05) is 12.6 Å². The lowest BCUT2D eigenvalue weighted by molar-refractivity contribution is -0.127. The molecule has 1 aliphatic rings. The van der Waals surface area contributed by atoms with Crippen LogP contribution in [0.5, 0.6) is 0 Å². The average molecular weight is 270 g/mol. The van der Waals surface area contributed by atoms with Gasteiger partial charge < -0.3 is 10.4 Å². The monoisotopic (exact) mass is 270 g/mol. The molecule has 0 bridgehead atoms. The van der Waals surface area contributed by atoms with E-state index in [0.717, 1.165) is 38.8 Å². The number of hydrogen-bond donors (Lipinski definition) is 2. The number of rotatable bonds is 6. The maximum atomic E-state index is 12.1. The fourth-order valence-corrected chi connectivity index (χ4v) is 2.90. The van der Waals surface area contributed by atoms with Gasteiger partial charge in [0.15, 0.2) is 0 Å². The third-order valence-electron chi connectivity index (χ3n) is 3.96. The van der Waals surface area contributed by atoms with Crippen molar-refractivity contribution in [3.8, 4) is 0 Å². The minimum atomic E-state index is -0.295. The van der Waals surface area contributed by atoms with Crippen LogP contribution in [0, 0.1) is 0 Å². The van der Waals surface area contributed by atoms with Crippen LogP contribution in [0.4, 0.5) is 0 Å². The summed E-state index contributed by atoms with van der Waals surface area (Å²) in [6, 6.07) is 0.248. The third kappa shape index (κ3) is 5.49. The zero-order valence-corrected chi connectivity index (χ0v) is 12.7. The van der Waals surface area contributed by atoms with Gasteiger partial charge in [-0.2, -0.15) is 0 Å². The van der Waals surface area contributed by atoms with E-state index < -0.39 is 0 Å². The van der Waals surface area contributed by atoms with E-state index in [2.05, 4.69) is 17.1 Å². The van der Waals surface area contributed by atoms with Crippen molar-refractivity contribution in [2.24, 2.45) is 0 Å². The second-order valence-electron chi connectivity index (χ2n) is 5.79. The van der Waals surface area contributed by atoms with Crippen molar-refractivity contribution >= 4 is 5.91 Å². The van der Waals surface area contributed by atoms with Gasteiger partial charge in [-0.05, 0) is 46.1 Å². The van der Waals surface area contributed by atoms with E-state index in [1.54, 1.807) is 0 Å². The highest BCUT2D eigenvalue weighted by atomic mass is 16.3. The minimum absolute atomic E-state index is 0.0894. The molecule has 1 fully saturated rings. The van der Waals surface area contributed by atoms with E-state index >= 15 is 0 Å². The fraction of sp³-hybridized carbons (Fsp3) is 0.933. The molecule has 1 rings (SSSR count). The third-order valence-corrected chi connectivity index (χ3v) is 3.96. The Balaban J connectivity index is 2.64. The summed E-state index contributed by atoms with van der Waals surface area (Å²) in [6.07, 6.45) is 6.13. The van der Waals surface area contributed by atoms with Crippen molar-refractivity contribution in [3.63, 3.8) is 0 Å². The Morgan fingerprint density at radius 3 is 2.74 bits per heavy atom. The normalized spacial score (nSPS) is 24.5. The summed E-state index contributed by atoms with van der Waals surface area (Å²) in [4.78, 5) is 14.4. The van der Waals surface area contributed by atoms with Gasteiger partial charge in [0.05, 0.1) is 12.1 Å². The van der Waals surface area contributed by atoms with Gasteiger partial charge >= 0.3 is 0 Å². The molecule has 0 aromatic heterocycles. The molecule has 3 unspecified atom stereocenters. The van der Waals surface area contributed by atoms with Gasteiger partial charge in [-0.3, -0.25) is 9.69 Å². The van der Waals surface area contributed by atoms with Crippen LogP contribution in [0.2, 0.25) is 0 Å². The molecular weight excluding hydrogens is 240 g/mol. The Hall–Kier alpha value is -0.610. The van der Waals surface area contributed by atoms with Crippen molar-refractivity contribution in [2.45, 2.75) is 77.5 Å². The molecule has 3 atom stereocenters. The smallest absolute Gasteiger partial charge is 0.237 e. The molecule has 0 saturated carbocycles. The first-order valence-corrected chi connectivity index (χ1v) is 7.77. The zero-order valence-electron chi connectivity index (χ0n) is 12.7. The van der Waals surface area contributed by atoms with E-state index in [1.807, 2.05) is 13.8 Å². The highest BCUT2D eigenvalue weighted by molar-refractivity contribution is 5.81. The minimum Gasteiger partial charge on any atom is -0.393 e. The Morgan fingerprint density at radius 1 is 1.37 bits per heavy atom. The Bertz CT molecular complexity index is 269. The zero-order chi connectivity index (χ0) is 14.3. The molecule has 0 radical (unpaired) electrons. The fourth-order valence-electron chi connectivity index (χ4n) is 2.90. The van der Waals surface area contributed by atoms with Gasteiger partial charge in [0.25, 0.3) is 0 Å². The first-order valence-electron chi connectivity index (χ1n) is 7.77. The van der Waals surface area contributed by atoms with Crippen molar-refractivity contribution in [1.29, 1.82) is 0 Å². The lowest BCUT2D eigenvalue weighted by Gasteiger charge is -2.35. The molecule has 0 aliphatic carbocycles. The number of carbonyl (C=O) groups is 1. The van der Waals surface area contributed by atoms with E-state index in [1.165, 1.54) is 12.8 Å². The number of hydrogen-bond acceptors (Lipinski definition) is 3.